The average Bonchev–Trinajstić information content (AvgIpc) is 2.78. The quantitative estimate of drug-likeness (QED) is 0.352. The van der Waals surface area contributed by atoms with E-state index >= 15 is 0 Å². The molecule has 0 aromatic heterocycles. The van der Waals surface area contributed by atoms with E-state index < -0.39 is 21.3 Å². The molecule has 0 saturated carbocycles. The van der Waals surface area contributed by atoms with Crippen LogP contribution in [0.4, 0.5) is 4.39 Å². The van der Waals surface area contributed by atoms with Gasteiger partial charge in [-0.05, 0) is 55.3 Å². The maximum absolute atomic E-state index is 14.5. The largest absolute Gasteiger partial charge is 0.380 e. The summed E-state index contributed by atoms with van der Waals surface area (Å²) in [6.07, 6.45) is 0.896. The Labute approximate surface area is 187 Å². The molecule has 7 nitrogen and oxygen atoms in total. The van der Waals surface area contributed by atoms with Crippen LogP contribution in [0.15, 0.2) is 57.4 Å². The molecule has 2 aromatic carbocycles. The molecule has 3 rings (SSSR count). The van der Waals surface area contributed by atoms with Crippen molar-refractivity contribution < 1.29 is 27.1 Å². The molecule has 0 amide bonds. The Bertz CT molecular complexity index is 1140. The van der Waals surface area contributed by atoms with Gasteiger partial charge in [-0.15, -0.1) is 0 Å². The highest BCUT2D eigenvalue weighted by atomic mass is 32.2. The van der Waals surface area contributed by atoms with E-state index in [-0.39, 0.29) is 22.5 Å². The van der Waals surface area contributed by atoms with Gasteiger partial charge >= 0.3 is 0 Å². The molecule has 170 valence electrons. The Morgan fingerprint density at radius 1 is 1.28 bits per heavy atom. The number of nitriles is 1. The summed E-state index contributed by atoms with van der Waals surface area (Å²) in [4.78, 5) is 4.71. The summed E-state index contributed by atoms with van der Waals surface area (Å²) in [7, 11) is -2.43. The van der Waals surface area contributed by atoms with Crippen LogP contribution in [-0.2, 0) is 29.7 Å². The van der Waals surface area contributed by atoms with Gasteiger partial charge in [0.15, 0.2) is 0 Å². The molecule has 0 radical (unpaired) electrons. The number of nitrogens with zero attached hydrogens (tertiary/aromatic N) is 2. The minimum Gasteiger partial charge on any atom is -0.380 e. The number of benzene rings is 2. The molecule has 9 heteroatoms. The zero-order chi connectivity index (χ0) is 23.4. The van der Waals surface area contributed by atoms with Gasteiger partial charge in [0.1, 0.15) is 11.9 Å². The van der Waals surface area contributed by atoms with E-state index in [4.69, 9.17) is 19.6 Å². The van der Waals surface area contributed by atoms with Crippen LogP contribution in [0.5, 0.6) is 0 Å². The van der Waals surface area contributed by atoms with Crippen molar-refractivity contribution in [1.29, 1.82) is 5.26 Å². The van der Waals surface area contributed by atoms with Crippen LogP contribution in [0.1, 0.15) is 37.8 Å². The lowest BCUT2D eigenvalue weighted by molar-refractivity contribution is -0.122. The van der Waals surface area contributed by atoms with Crippen LogP contribution in [0.3, 0.4) is 0 Å². The molecular weight excluding hydrogens is 435 g/mol. The van der Waals surface area contributed by atoms with Gasteiger partial charge in [-0.1, -0.05) is 17.3 Å². The van der Waals surface area contributed by atoms with E-state index in [1.807, 2.05) is 13.0 Å². The van der Waals surface area contributed by atoms with Crippen LogP contribution in [0.2, 0.25) is 0 Å². The molecule has 0 aliphatic carbocycles. The second-order valence-electron chi connectivity index (χ2n) is 7.65. The average molecular weight is 461 g/mol. The highest BCUT2D eigenvalue weighted by molar-refractivity contribution is 7.91. The number of hydrogen-bond donors (Lipinski definition) is 0. The Hall–Kier alpha value is -2.80. The predicted molar refractivity (Wildman–Crippen MR) is 115 cm³/mol. The van der Waals surface area contributed by atoms with E-state index in [1.54, 1.807) is 26.2 Å². The molecule has 32 heavy (non-hydrogen) atoms. The Morgan fingerprint density at radius 3 is 2.62 bits per heavy atom. The van der Waals surface area contributed by atoms with E-state index in [0.29, 0.717) is 36.3 Å². The minimum atomic E-state index is -3.98. The van der Waals surface area contributed by atoms with Gasteiger partial charge in [0.2, 0.25) is 16.4 Å². The van der Waals surface area contributed by atoms with Crippen LogP contribution in [0, 0.1) is 17.1 Å². The summed E-state index contributed by atoms with van der Waals surface area (Å²) in [6, 6.07) is 11.7. The summed E-state index contributed by atoms with van der Waals surface area (Å²) in [5.74, 6) is -0.647. The van der Waals surface area contributed by atoms with Gasteiger partial charge in [0, 0.05) is 20.0 Å². The van der Waals surface area contributed by atoms with Crippen LogP contribution >= 0.6 is 0 Å². The molecule has 0 bridgehead atoms. The molecule has 2 aromatic rings. The lowest BCUT2D eigenvalue weighted by atomic mass is 9.83. The van der Waals surface area contributed by atoms with E-state index in [1.165, 1.54) is 24.3 Å². The normalized spacial score (nSPS) is 21.7. The van der Waals surface area contributed by atoms with Crippen molar-refractivity contribution >= 4 is 15.5 Å². The third-order valence-corrected chi connectivity index (χ3v) is 7.29. The van der Waals surface area contributed by atoms with Gasteiger partial charge in [0.05, 0.1) is 33.8 Å². The summed E-state index contributed by atoms with van der Waals surface area (Å²) < 4.78 is 52.4. The van der Waals surface area contributed by atoms with Crippen molar-refractivity contribution in [3.63, 3.8) is 0 Å². The minimum absolute atomic E-state index is 0.0235. The standard InChI is InChI=1S/C23H25FN2O5S/c1-16-15-23(29-3,8-10-30-16)19-12-20(24)14-22(13-19)32(27,28)21-6-4-18(5-7-21)17(2)26-31-11-9-25/h4-7,12-14,16H,8,10-11,15H2,1-3H3/b26-17+/t16-,23+/m0/s1. The second kappa shape index (κ2) is 9.77. The van der Waals surface area contributed by atoms with E-state index in [0.717, 1.165) is 6.07 Å². The molecule has 0 unspecified atom stereocenters. The van der Waals surface area contributed by atoms with Gasteiger partial charge < -0.3 is 14.3 Å². The molecular formula is C23H25FN2O5S. The first-order chi connectivity index (χ1) is 15.2. The molecule has 1 heterocycles. The molecule has 1 saturated heterocycles. The molecule has 1 aliphatic rings. The van der Waals surface area contributed by atoms with Crippen molar-refractivity contribution in [2.45, 2.75) is 48.2 Å². The topological polar surface area (TPSA) is 98.0 Å². The fraction of sp³-hybridized carbons (Fsp3) is 0.391. The predicted octanol–water partition coefficient (Wildman–Crippen LogP) is 3.96. The smallest absolute Gasteiger partial charge is 0.206 e. The SMILES string of the molecule is CO[C@]1(c2cc(F)cc(S(=O)(=O)c3ccc(/C(C)=N/OCC#N)cc3)c2)CCO[C@@H](C)C1. The summed E-state index contributed by atoms with van der Waals surface area (Å²) >= 11 is 0. The molecule has 0 spiro atoms. The van der Waals surface area contributed by atoms with Crippen molar-refractivity contribution in [2.24, 2.45) is 5.16 Å². The first-order valence-electron chi connectivity index (χ1n) is 10.1. The highest BCUT2D eigenvalue weighted by Gasteiger charge is 2.38. The van der Waals surface area contributed by atoms with E-state index in [2.05, 4.69) is 5.16 Å². The Balaban J connectivity index is 1.95. The highest BCUT2D eigenvalue weighted by Crippen LogP contribution is 2.39. The zero-order valence-corrected chi connectivity index (χ0v) is 19.0. The number of oxime groups is 1. The number of hydrogen-bond acceptors (Lipinski definition) is 7. The van der Waals surface area contributed by atoms with Crippen molar-refractivity contribution in [3.8, 4) is 6.07 Å². The maximum Gasteiger partial charge on any atom is 0.206 e. The van der Waals surface area contributed by atoms with Crippen molar-refractivity contribution in [3.05, 3.63) is 59.4 Å². The van der Waals surface area contributed by atoms with Gasteiger partial charge in [-0.2, -0.15) is 5.26 Å². The fourth-order valence-electron chi connectivity index (χ4n) is 3.82. The first kappa shape index (κ1) is 23.9. The fourth-order valence-corrected chi connectivity index (χ4v) is 5.14. The summed E-state index contributed by atoms with van der Waals surface area (Å²) in [5.41, 5.74) is 0.789. The molecule has 1 fully saturated rings. The van der Waals surface area contributed by atoms with Crippen LogP contribution in [0.25, 0.3) is 0 Å². The Morgan fingerprint density at radius 2 is 2.00 bits per heavy atom. The lowest BCUT2D eigenvalue weighted by Gasteiger charge is -2.39. The van der Waals surface area contributed by atoms with E-state index in [9.17, 15) is 12.8 Å². The molecule has 2 atom stereocenters. The monoisotopic (exact) mass is 460 g/mol. The molecule has 1 aliphatic heterocycles. The maximum atomic E-state index is 14.5. The first-order valence-corrected chi connectivity index (χ1v) is 11.6. The summed E-state index contributed by atoms with van der Waals surface area (Å²) in [6.45, 7) is 3.84. The Kier molecular flexibility index (Phi) is 7.29. The lowest BCUT2D eigenvalue weighted by Crippen LogP contribution is -2.39. The summed E-state index contributed by atoms with van der Waals surface area (Å²) in [5, 5.41) is 12.3. The zero-order valence-electron chi connectivity index (χ0n) is 18.2. The number of rotatable bonds is 7. The second-order valence-corrected chi connectivity index (χ2v) is 9.60. The van der Waals surface area contributed by atoms with Gasteiger partial charge in [-0.25, -0.2) is 12.8 Å². The van der Waals surface area contributed by atoms with Crippen molar-refractivity contribution in [1.82, 2.24) is 0 Å². The third kappa shape index (κ3) is 4.99. The van der Waals surface area contributed by atoms with Gasteiger partial charge in [0.25, 0.3) is 0 Å². The number of methoxy groups -OCH3 is 1. The van der Waals surface area contributed by atoms with Crippen LogP contribution in [-0.4, -0.2) is 40.6 Å². The van der Waals surface area contributed by atoms with Crippen LogP contribution < -0.4 is 0 Å². The number of halogens is 1. The third-order valence-electron chi connectivity index (χ3n) is 5.54. The number of sulfone groups is 1. The van der Waals surface area contributed by atoms with Gasteiger partial charge in [-0.3, -0.25) is 0 Å². The number of ether oxygens (including phenoxy) is 2. The van der Waals surface area contributed by atoms with Crippen molar-refractivity contribution in [2.75, 3.05) is 20.3 Å². The molecule has 0 N–H and O–H groups in total.